The first-order valence-corrected chi connectivity index (χ1v) is 9.02. The molecule has 144 valence electrons. The van der Waals surface area contributed by atoms with Gasteiger partial charge in [0.1, 0.15) is 30.7 Å². The fourth-order valence-corrected chi connectivity index (χ4v) is 3.10. The van der Waals surface area contributed by atoms with E-state index in [1.54, 1.807) is 25.1 Å². The minimum Gasteiger partial charge on any atom is -0.507 e. The van der Waals surface area contributed by atoms with Crippen LogP contribution in [0.2, 0.25) is 0 Å². The van der Waals surface area contributed by atoms with Gasteiger partial charge in [-0.3, -0.25) is 4.79 Å². The number of carbonyl (C=O) groups excluding carboxylic acids is 1. The van der Waals surface area contributed by atoms with E-state index in [4.69, 9.17) is 21.7 Å². The van der Waals surface area contributed by atoms with Crippen molar-refractivity contribution >= 4 is 23.2 Å². The maximum Gasteiger partial charge on any atom is 0.220 e. The Labute approximate surface area is 157 Å². The third kappa shape index (κ3) is 4.91. The van der Waals surface area contributed by atoms with Crippen molar-refractivity contribution < 1.29 is 29.6 Å². The molecule has 1 aliphatic rings. The van der Waals surface area contributed by atoms with Crippen molar-refractivity contribution in [3.05, 3.63) is 29.8 Å². The molecule has 5 atom stereocenters. The first-order chi connectivity index (χ1) is 12.3. The fourth-order valence-electron chi connectivity index (χ4n) is 2.86. The van der Waals surface area contributed by atoms with Gasteiger partial charge in [-0.2, -0.15) is 0 Å². The number of hydrogen-bond donors (Lipinski definition) is 4. The Kier molecular flexibility index (Phi) is 7.33. The summed E-state index contributed by atoms with van der Waals surface area (Å²) in [6, 6.07) is 5.79. The van der Waals surface area contributed by atoms with Gasteiger partial charge in [-0.15, -0.1) is 0 Å². The average molecular weight is 383 g/mol. The Morgan fingerprint density at radius 1 is 1.31 bits per heavy atom. The van der Waals surface area contributed by atoms with E-state index >= 15 is 0 Å². The molecule has 4 N–H and O–H groups in total. The predicted molar refractivity (Wildman–Crippen MR) is 98.9 cm³/mol. The van der Waals surface area contributed by atoms with Crippen molar-refractivity contribution in [1.29, 1.82) is 0 Å². The third-order valence-electron chi connectivity index (χ3n) is 4.30. The number of para-hydroxylation sites is 1. The van der Waals surface area contributed by atoms with Crippen molar-refractivity contribution in [2.45, 2.75) is 57.1 Å². The van der Waals surface area contributed by atoms with Gasteiger partial charge >= 0.3 is 0 Å². The summed E-state index contributed by atoms with van der Waals surface area (Å²) in [6.07, 6.45) is -2.73. The number of phenolic OH excluding ortho intramolecular Hbond substituents is 1. The summed E-state index contributed by atoms with van der Waals surface area (Å²) in [5.41, 5.74) is 0.367. The zero-order chi connectivity index (χ0) is 19.3. The second-order valence-corrected chi connectivity index (χ2v) is 6.69. The van der Waals surface area contributed by atoms with E-state index in [-0.39, 0.29) is 23.3 Å². The molecule has 1 unspecified atom stereocenters. The summed E-state index contributed by atoms with van der Waals surface area (Å²) in [5, 5.41) is 33.2. The molecule has 2 rings (SSSR count). The molecule has 0 radical (unpaired) electrons. The number of ether oxygens (including phenoxy) is 2. The number of rotatable bonds is 6. The predicted octanol–water partition coefficient (Wildman–Crippen LogP) is 0.878. The monoisotopic (exact) mass is 383 g/mol. The standard InChI is InChI=1S/C18H25NO6S/c1-3-6-14(21)19-15-10(2)25-13(16(22)17(15)23)9-24-18(26)11-7-4-5-8-12(11)20/h4-5,7-8,10,13,15-17,20,22-23H,3,6,9H2,1-2H3,(H,19,21)/t10?,13-,15+,16-,17-/m1/s1. The third-order valence-corrected chi connectivity index (χ3v) is 4.64. The van der Waals surface area contributed by atoms with Gasteiger partial charge in [0.25, 0.3) is 0 Å². The molecule has 0 bridgehead atoms. The van der Waals surface area contributed by atoms with E-state index in [9.17, 15) is 20.1 Å². The molecule has 0 saturated carbocycles. The van der Waals surface area contributed by atoms with Crippen LogP contribution in [0.4, 0.5) is 0 Å². The number of phenols is 1. The van der Waals surface area contributed by atoms with Gasteiger partial charge in [0.2, 0.25) is 5.91 Å². The van der Waals surface area contributed by atoms with Crippen LogP contribution in [0.5, 0.6) is 5.75 Å². The highest BCUT2D eigenvalue weighted by molar-refractivity contribution is 7.80. The van der Waals surface area contributed by atoms with Gasteiger partial charge in [-0.05, 0) is 37.7 Å². The molecule has 26 heavy (non-hydrogen) atoms. The van der Waals surface area contributed by atoms with Gasteiger partial charge in [0.15, 0.2) is 5.05 Å². The topological polar surface area (TPSA) is 108 Å². The maximum atomic E-state index is 11.8. The van der Waals surface area contributed by atoms with Crippen molar-refractivity contribution in [1.82, 2.24) is 5.32 Å². The first kappa shape index (κ1) is 20.6. The van der Waals surface area contributed by atoms with E-state index in [0.29, 0.717) is 18.4 Å². The lowest BCUT2D eigenvalue weighted by Gasteiger charge is -2.41. The minimum absolute atomic E-state index is 0.00489. The van der Waals surface area contributed by atoms with Crippen LogP contribution in [-0.4, -0.2) is 63.3 Å². The summed E-state index contributed by atoms with van der Waals surface area (Å²) < 4.78 is 11.2. The highest BCUT2D eigenvalue weighted by Crippen LogP contribution is 2.23. The first-order valence-electron chi connectivity index (χ1n) is 8.61. The van der Waals surface area contributed by atoms with Crippen LogP contribution in [0.1, 0.15) is 32.3 Å². The number of carbonyl (C=O) groups is 1. The highest BCUT2D eigenvalue weighted by atomic mass is 32.1. The van der Waals surface area contributed by atoms with Crippen LogP contribution < -0.4 is 5.32 Å². The molecule has 8 heteroatoms. The number of aliphatic hydroxyl groups is 2. The number of amides is 1. The SMILES string of the molecule is CCCC(=O)N[C@H]1C(C)O[C@H](COC(=S)c2ccccc2O)[C@@H](O)[C@@H]1O. The molecule has 7 nitrogen and oxygen atoms in total. The van der Waals surface area contributed by atoms with Crippen LogP contribution in [0.25, 0.3) is 0 Å². The smallest absolute Gasteiger partial charge is 0.220 e. The number of thiocarbonyl (C=S) groups is 1. The number of hydrogen-bond acceptors (Lipinski definition) is 7. The molecule has 1 aromatic rings. The number of aromatic hydroxyl groups is 1. The molecular weight excluding hydrogens is 358 g/mol. The average Bonchev–Trinajstić information content (AvgIpc) is 2.61. The Morgan fingerprint density at radius 2 is 2.00 bits per heavy atom. The van der Waals surface area contributed by atoms with E-state index in [1.165, 1.54) is 6.07 Å². The molecule has 1 amide bonds. The van der Waals surface area contributed by atoms with Crippen LogP contribution in [0.3, 0.4) is 0 Å². The van der Waals surface area contributed by atoms with E-state index in [1.807, 2.05) is 6.92 Å². The van der Waals surface area contributed by atoms with Crippen molar-refractivity contribution in [3.8, 4) is 5.75 Å². The van der Waals surface area contributed by atoms with Crippen LogP contribution in [0, 0.1) is 0 Å². The quantitative estimate of drug-likeness (QED) is 0.540. The Balaban J connectivity index is 1.95. The van der Waals surface area contributed by atoms with Crippen LogP contribution >= 0.6 is 12.2 Å². The van der Waals surface area contributed by atoms with E-state index in [2.05, 4.69) is 5.32 Å². The summed E-state index contributed by atoms with van der Waals surface area (Å²) in [6.45, 7) is 3.50. The van der Waals surface area contributed by atoms with Gasteiger partial charge in [0, 0.05) is 6.42 Å². The summed E-state index contributed by atoms with van der Waals surface area (Å²) in [5.74, 6) is -0.204. The largest absolute Gasteiger partial charge is 0.507 e. The summed E-state index contributed by atoms with van der Waals surface area (Å²) in [7, 11) is 0. The zero-order valence-corrected chi connectivity index (χ0v) is 15.6. The second-order valence-electron chi connectivity index (χ2n) is 6.32. The fraction of sp³-hybridized carbons (Fsp3) is 0.556. The Hall–Kier alpha value is -1.74. The normalized spacial score (nSPS) is 28.4. The lowest BCUT2D eigenvalue weighted by molar-refractivity contribution is -0.189. The Morgan fingerprint density at radius 3 is 2.65 bits per heavy atom. The van der Waals surface area contributed by atoms with Gasteiger partial charge in [-0.25, -0.2) is 0 Å². The maximum absolute atomic E-state index is 11.8. The molecule has 0 aromatic heterocycles. The lowest BCUT2D eigenvalue weighted by atomic mass is 9.93. The lowest BCUT2D eigenvalue weighted by Crippen LogP contribution is -2.63. The summed E-state index contributed by atoms with van der Waals surface area (Å²) >= 11 is 5.14. The molecule has 0 spiro atoms. The number of aliphatic hydroxyl groups excluding tert-OH is 2. The second kappa shape index (κ2) is 9.27. The molecule has 1 aromatic carbocycles. The number of benzene rings is 1. The van der Waals surface area contributed by atoms with E-state index in [0.717, 1.165) is 0 Å². The van der Waals surface area contributed by atoms with E-state index < -0.39 is 30.5 Å². The molecule has 1 saturated heterocycles. The molecule has 1 aliphatic heterocycles. The van der Waals surface area contributed by atoms with Crippen molar-refractivity contribution in [3.63, 3.8) is 0 Å². The van der Waals surface area contributed by atoms with Crippen molar-refractivity contribution in [2.75, 3.05) is 6.61 Å². The van der Waals surface area contributed by atoms with Crippen LogP contribution in [0.15, 0.2) is 24.3 Å². The molecule has 0 aliphatic carbocycles. The number of nitrogens with one attached hydrogen (secondary N) is 1. The molecule has 1 heterocycles. The molecule has 1 fully saturated rings. The van der Waals surface area contributed by atoms with Gasteiger partial charge in [0.05, 0.1) is 17.7 Å². The molecular formula is C18H25NO6S. The zero-order valence-electron chi connectivity index (χ0n) is 14.8. The van der Waals surface area contributed by atoms with Gasteiger partial charge in [-0.1, -0.05) is 19.1 Å². The Bertz CT molecular complexity index is 640. The highest BCUT2D eigenvalue weighted by Gasteiger charge is 2.43. The minimum atomic E-state index is -1.25. The summed E-state index contributed by atoms with van der Waals surface area (Å²) in [4.78, 5) is 11.8. The van der Waals surface area contributed by atoms with Crippen LogP contribution in [-0.2, 0) is 14.3 Å². The van der Waals surface area contributed by atoms with Crippen molar-refractivity contribution in [2.24, 2.45) is 0 Å². The van der Waals surface area contributed by atoms with Gasteiger partial charge < -0.3 is 30.1 Å².